The van der Waals surface area contributed by atoms with Crippen molar-refractivity contribution >= 4 is 56.1 Å². The van der Waals surface area contributed by atoms with Gasteiger partial charge in [-0.05, 0) is 42.8 Å². The number of thioether (sulfide) groups is 1. The van der Waals surface area contributed by atoms with Crippen LogP contribution in [0.4, 0.5) is 5.69 Å². The molecule has 2 heterocycles. The fraction of sp³-hybridized carbons (Fsp3) is 0.200. The summed E-state index contributed by atoms with van der Waals surface area (Å²) >= 11 is 4.96. The minimum absolute atomic E-state index is 0.0986. The Hall–Kier alpha value is -2.25. The predicted octanol–water partition coefficient (Wildman–Crippen LogP) is 4.51. The number of hydrogen-bond acceptors (Lipinski definition) is 3. The van der Waals surface area contributed by atoms with E-state index in [1.54, 1.807) is 4.90 Å². The van der Waals surface area contributed by atoms with Gasteiger partial charge in [-0.3, -0.25) is 9.59 Å². The Balaban J connectivity index is 1.55. The summed E-state index contributed by atoms with van der Waals surface area (Å²) < 4.78 is 0.967. The van der Waals surface area contributed by atoms with Gasteiger partial charge < -0.3 is 15.2 Å². The summed E-state index contributed by atoms with van der Waals surface area (Å²) in [4.78, 5) is 30.7. The fourth-order valence-electron chi connectivity index (χ4n) is 3.14. The number of benzene rings is 2. The molecule has 3 aromatic rings. The highest BCUT2D eigenvalue weighted by atomic mass is 79.9. The summed E-state index contributed by atoms with van der Waals surface area (Å²) in [6.07, 6.45) is 0.819. The van der Waals surface area contributed by atoms with E-state index < -0.39 is 0 Å². The summed E-state index contributed by atoms with van der Waals surface area (Å²) in [6, 6.07) is 15.3. The van der Waals surface area contributed by atoms with Crippen LogP contribution in [0, 0.1) is 0 Å². The number of likely N-dealkylation sites (tertiary alicyclic amines) is 1. The second kappa shape index (κ2) is 7.40. The fourth-order valence-corrected chi connectivity index (χ4v) is 4.73. The quantitative estimate of drug-likeness (QED) is 0.623. The van der Waals surface area contributed by atoms with E-state index in [9.17, 15) is 9.59 Å². The summed E-state index contributed by atoms with van der Waals surface area (Å²) in [6.45, 7) is 0.773. The topological polar surface area (TPSA) is 65.2 Å². The molecule has 1 aliphatic rings. The van der Waals surface area contributed by atoms with E-state index in [0.717, 1.165) is 38.9 Å². The molecule has 1 saturated heterocycles. The number of nitrogens with zero attached hydrogens (tertiary/aromatic N) is 1. The molecule has 1 fully saturated rings. The van der Waals surface area contributed by atoms with Gasteiger partial charge in [0.05, 0.1) is 10.9 Å². The van der Waals surface area contributed by atoms with Gasteiger partial charge in [-0.25, -0.2) is 0 Å². The zero-order chi connectivity index (χ0) is 19.0. The van der Waals surface area contributed by atoms with Crippen molar-refractivity contribution in [3.63, 3.8) is 0 Å². The monoisotopic (exact) mass is 443 g/mol. The van der Waals surface area contributed by atoms with E-state index in [0.29, 0.717) is 5.69 Å². The lowest BCUT2D eigenvalue weighted by molar-refractivity contribution is -0.126. The molecule has 4 rings (SSSR count). The molecule has 5 nitrogen and oxygen atoms in total. The number of halogens is 1. The van der Waals surface area contributed by atoms with Crippen molar-refractivity contribution in [2.45, 2.75) is 16.6 Å². The highest BCUT2D eigenvalue weighted by Gasteiger charge is 2.30. The third-order valence-corrected chi connectivity index (χ3v) is 6.44. The standard InChI is InChI=1S/C20H18BrN3O2S/c1-24-9-8-18(20(24)26)27-17-5-3-2-4-15(17)23-19(25)16-11-12-10-13(21)6-7-14(12)22-16/h2-7,10-11,18,22H,8-9H2,1H3,(H,23,25). The number of rotatable bonds is 4. The molecule has 27 heavy (non-hydrogen) atoms. The average Bonchev–Trinajstić information content (AvgIpc) is 3.21. The average molecular weight is 444 g/mol. The lowest BCUT2D eigenvalue weighted by atomic mass is 10.2. The minimum Gasteiger partial charge on any atom is -0.351 e. The Morgan fingerprint density at radius 3 is 2.85 bits per heavy atom. The molecule has 0 saturated carbocycles. The van der Waals surface area contributed by atoms with Crippen molar-refractivity contribution in [2.75, 3.05) is 18.9 Å². The van der Waals surface area contributed by atoms with Gasteiger partial charge >= 0.3 is 0 Å². The maximum Gasteiger partial charge on any atom is 0.272 e. The number of H-pyrrole nitrogens is 1. The van der Waals surface area contributed by atoms with Crippen molar-refractivity contribution in [2.24, 2.45) is 0 Å². The number of fused-ring (bicyclic) bond motifs is 1. The largest absolute Gasteiger partial charge is 0.351 e. The SMILES string of the molecule is CN1CCC(Sc2ccccc2NC(=O)c2cc3cc(Br)ccc3[nH]2)C1=O. The second-order valence-corrected chi connectivity index (χ2v) is 8.68. The highest BCUT2D eigenvalue weighted by molar-refractivity contribution is 9.10. The Kier molecular flexibility index (Phi) is 4.97. The van der Waals surface area contributed by atoms with E-state index in [-0.39, 0.29) is 17.1 Å². The third-order valence-electron chi connectivity index (χ3n) is 4.61. The zero-order valence-corrected chi connectivity index (χ0v) is 17.1. The molecule has 138 valence electrons. The van der Waals surface area contributed by atoms with E-state index >= 15 is 0 Å². The Bertz CT molecular complexity index is 1030. The lowest BCUT2D eigenvalue weighted by Crippen LogP contribution is -2.23. The molecule has 0 spiro atoms. The van der Waals surface area contributed by atoms with Crippen LogP contribution >= 0.6 is 27.7 Å². The molecular formula is C20H18BrN3O2S. The van der Waals surface area contributed by atoms with Crippen LogP contribution in [-0.4, -0.2) is 40.5 Å². The van der Waals surface area contributed by atoms with Crippen LogP contribution in [0.2, 0.25) is 0 Å². The van der Waals surface area contributed by atoms with Gasteiger partial charge in [0.2, 0.25) is 5.91 Å². The summed E-state index contributed by atoms with van der Waals surface area (Å²) in [5, 5.41) is 3.85. The molecule has 2 N–H and O–H groups in total. The van der Waals surface area contributed by atoms with Crippen molar-refractivity contribution in [3.05, 3.63) is 58.7 Å². The van der Waals surface area contributed by atoms with Crippen LogP contribution in [0.1, 0.15) is 16.9 Å². The zero-order valence-electron chi connectivity index (χ0n) is 14.7. The number of para-hydroxylation sites is 1. The van der Waals surface area contributed by atoms with Crippen LogP contribution in [0.15, 0.2) is 57.9 Å². The summed E-state index contributed by atoms with van der Waals surface area (Å²) in [7, 11) is 1.82. The van der Waals surface area contributed by atoms with Gasteiger partial charge in [0.15, 0.2) is 0 Å². The number of nitrogens with one attached hydrogen (secondary N) is 2. The summed E-state index contributed by atoms with van der Waals surface area (Å²) in [5.41, 5.74) is 2.12. The van der Waals surface area contributed by atoms with Crippen LogP contribution in [0.3, 0.4) is 0 Å². The molecule has 0 bridgehead atoms. The minimum atomic E-state index is -0.203. The number of carbonyl (C=O) groups is 2. The Labute approximate surface area is 169 Å². The molecule has 1 atom stereocenters. The van der Waals surface area contributed by atoms with E-state index in [2.05, 4.69) is 26.2 Å². The molecule has 0 radical (unpaired) electrons. The Morgan fingerprint density at radius 1 is 1.26 bits per heavy atom. The number of carbonyl (C=O) groups excluding carboxylic acids is 2. The first-order valence-electron chi connectivity index (χ1n) is 8.61. The molecule has 1 aliphatic heterocycles. The predicted molar refractivity (Wildman–Crippen MR) is 112 cm³/mol. The first-order valence-corrected chi connectivity index (χ1v) is 10.3. The number of aromatic nitrogens is 1. The molecule has 1 aromatic heterocycles. The van der Waals surface area contributed by atoms with E-state index in [1.165, 1.54) is 11.8 Å². The van der Waals surface area contributed by atoms with Gasteiger partial charge in [0, 0.05) is 33.9 Å². The van der Waals surface area contributed by atoms with Gasteiger partial charge in [-0.2, -0.15) is 0 Å². The molecule has 0 aliphatic carbocycles. The van der Waals surface area contributed by atoms with Crippen molar-refractivity contribution in [1.82, 2.24) is 9.88 Å². The number of amides is 2. The maximum atomic E-state index is 12.7. The van der Waals surface area contributed by atoms with E-state index in [1.807, 2.05) is 55.6 Å². The molecule has 1 unspecified atom stereocenters. The van der Waals surface area contributed by atoms with Gasteiger partial charge in [-0.15, -0.1) is 11.8 Å². The van der Waals surface area contributed by atoms with Crippen molar-refractivity contribution in [1.29, 1.82) is 0 Å². The van der Waals surface area contributed by atoms with Crippen molar-refractivity contribution < 1.29 is 9.59 Å². The number of hydrogen-bond donors (Lipinski definition) is 2. The highest BCUT2D eigenvalue weighted by Crippen LogP contribution is 2.35. The van der Waals surface area contributed by atoms with Crippen LogP contribution in [-0.2, 0) is 4.79 Å². The van der Waals surface area contributed by atoms with Crippen LogP contribution in [0.25, 0.3) is 10.9 Å². The second-order valence-electron chi connectivity index (χ2n) is 6.52. The van der Waals surface area contributed by atoms with Gasteiger partial charge in [-0.1, -0.05) is 28.1 Å². The first-order chi connectivity index (χ1) is 13.0. The molecular weight excluding hydrogens is 426 g/mol. The van der Waals surface area contributed by atoms with Crippen LogP contribution < -0.4 is 5.32 Å². The van der Waals surface area contributed by atoms with Gasteiger partial charge in [0.25, 0.3) is 5.91 Å². The summed E-state index contributed by atoms with van der Waals surface area (Å²) in [5.74, 6) is -0.0624. The third kappa shape index (κ3) is 3.75. The molecule has 7 heteroatoms. The maximum absolute atomic E-state index is 12.7. The number of anilines is 1. The normalized spacial score (nSPS) is 16.9. The lowest BCUT2D eigenvalue weighted by Gasteiger charge is -2.13. The molecule has 2 aromatic carbocycles. The van der Waals surface area contributed by atoms with Crippen molar-refractivity contribution in [3.8, 4) is 0 Å². The Morgan fingerprint density at radius 2 is 2.07 bits per heavy atom. The number of aromatic amines is 1. The van der Waals surface area contributed by atoms with Crippen LogP contribution in [0.5, 0.6) is 0 Å². The smallest absolute Gasteiger partial charge is 0.272 e. The first kappa shape index (κ1) is 18.1. The van der Waals surface area contributed by atoms with Gasteiger partial charge in [0.1, 0.15) is 5.69 Å². The molecule has 2 amide bonds. The van der Waals surface area contributed by atoms with E-state index in [4.69, 9.17) is 0 Å².